The van der Waals surface area contributed by atoms with Gasteiger partial charge in [-0.25, -0.2) is 4.39 Å². The van der Waals surface area contributed by atoms with Gasteiger partial charge >= 0.3 is 0 Å². The van der Waals surface area contributed by atoms with E-state index in [2.05, 4.69) is 0 Å². The number of methoxy groups -OCH3 is 1. The average molecular weight is 280 g/mol. The molecular formula is C15H15ClFNO. The second-order valence-corrected chi connectivity index (χ2v) is 5.00. The second kappa shape index (κ2) is 5.19. The molecule has 0 aromatic heterocycles. The van der Waals surface area contributed by atoms with E-state index in [1.165, 1.54) is 13.2 Å². The largest absolute Gasteiger partial charge is 0.494 e. The van der Waals surface area contributed by atoms with Crippen molar-refractivity contribution in [2.45, 2.75) is 12.5 Å². The fraction of sp³-hybridized carbons (Fsp3) is 0.200. The fourth-order valence-corrected chi connectivity index (χ4v) is 2.08. The Morgan fingerprint density at radius 3 is 2.21 bits per heavy atom. The minimum absolute atomic E-state index is 0.204. The smallest absolute Gasteiger partial charge is 0.165 e. The summed E-state index contributed by atoms with van der Waals surface area (Å²) in [7, 11) is 1.43. The lowest BCUT2D eigenvalue weighted by molar-refractivity contribution is 0.385. The van der Waals surface area contributed by atoms with Crippen molar-refractivity contribution in [3.8, 4) is 5.75 Å². The molecule has 0 aliphatic carbocycles. The molecule has 0 saturated heterocycles. The molecule has 1 atom stereocenters. The Labute approximate surface area is 117 Å². The molecule has 0 radical (unpaired) electrons. The number of rotatable bonds is 3. The molecule has 19 heavy (non-hydrogen) atoms. The van der Waals surface area contributed by atoms with Crippen molar-refractivity contribution in [3.05, 3.63) is 64.4 Å². The van der Waals surface area contributed by atoms with Gasteiger partial charge in [0.1, 0.15) is 0 Å². The highest BCUT2D eigenvalue weighted by atomic mass is 35.5. The number of ether oxygens (including phenoxy) is 1. The first-order valence-corrected chi connectivity index (χ1v) is 6.22. The van der Waals surface area contributed by atoms with Gasteiger partial charge in [-0.1, -0.05) is 29.8 Å². The predicted octanol–water partition coefficient (Wildman–Crippen LogP) is 3.71. The number of hydrogen-bond donors (Lipinski definition) is 1. The predicted molar refractivity (Wildman–Crippen MR) is 75.0 cm³/mol. The summed E-state index contributed by atoms with van der Waals surface area (Å²) in [4.78, 5) is 0. The Morgan fingerprint density at radius 1 is 1.11 bits per heavy atom. The zero-order valence-electron chi connectivity index (χ0n) is 10.8. The standard InChI is InChI=1S/C15H15ClFNO/c1-15(18,10-3-6-12(16)7-4-10)11-5-8-14(19-2)13(17)9-11/h3-9H,18H2,1-2H3. The summed E-state index contributed by atoms with van der Waals surface area (Å²) in [5, 5.41) is 0.639. The third-order valence-corrected chi connectivity index (χ3v) is 3.45. The average Bonchev–Trinajstić information content (AvgIpc) is 2.39. The van der Waals surface area contributed by atoms with Crippen LogP contribution in [0.4, 0.5) is 4.39 Å². The first-order chi connectivity index (χ1) is 8.95. The highest BCUT2D eigenvalue weighted by Gasteiger charge is 2.24. The summed E-state index contributed by atoms with van der Waals surface area (Å²) in [5.74, 6) is -0.221. The van der Waals surface area contributed by atoms with Crippen LogP contribution in [-0.4, -0.2) is 7.11 Å². The highest BCUT2D eigenvalue weighted by Crippen LogP contribution is 2.30. The summed E-state index contributed by atoms with van der Waals surface area (Å²) in [6.45, 7) is 1.83. The van der Waals surface area contributed by atoms with Gasteiger partial charge in [-0.2, -0.15) is 0 Å². The molecule has 2 aromatic rings. The van der Waals surface area contributed by atoms with Crippen LogP contribution in [-0.2, 0) is 5.54 Å². The summed E-state index contributed by atoms with van der Waals surface area (Å²) in [6.07, 6.45) is 0. The maximum atomic E-state index is 13.8. The van der Waals surface area contributed by atoms with Crippen LogP contribution < -0.4 is 10.5 Å². The van der Waals surface area contributed by atoms with Crippen molar-refractivity contribution in [1.82, 2.24) is 0 Å². The van der Waals surface area contributed by atoms with Crippen LogP contribution in [0.2, 0.25) is 5.02 Å². The first kappa shape index (κ1) is 13.8. The molecule has 0 aliphatic rings. The van der Waals surface area contributed by atoms with E-state index in [4.69, 9.17) is 22.1 Å². The Hall–Kier alpha value is -1.58. The van der Waals surface area contributed by atoms with Gasteiger partial charge in [-0.3, -0.25) is 0 Å². The first-order valence-electron chi connectivity index (χ1n) is 5.84. The van der Waals surface area contributed by atoms with Gasteiger partial charge in [0.15, 0.2) is 11.6 Å². The summed E-state index contributed by atoms with van der Waals surface area (Å²) in [5.41, 5.74) is 7.06. The van der Waals surface area contributed by atoms with E-state index in [0.717, 1.165) is 5.56 Å². The SMILES string of the molecule is COc1ccc(C(C)(N)c2ccc(Cl)cc2)cc1F. The minimum Gasteiger partial charge on any atom is -0.494 e. The topological polar surface area (TPSA) is 35.2 Å². The van der Waals surface area contributed by atoms with Gasteiger partial charge in [0.25, 0.3) is 0 Å². The molecule has 0 bridgehead atoms. The second-order valence-electron chi connectivity index (χ2n) is 4.56. The molecule has 2 N–H and O–H groups in total. The summed E-state index contributed by atoms with van der Waals surface area (Å²) < 4.78 is 18.7. The van der Waals surface area contributed by atoms with Crippen LogP contribution in [0.1, 0.15) is 18.1 Å². The van der Waals surface area contributed by atoms with Crippen LogP contribution in [0.15, 0.2) is 42.5 Å². The summed E-state index contributed by atoms with van der Waals surface area (Å²) in [6, 6.07) is 11.9. The van der Waals surface area contributed by atoms with Crippen LogP contribution in [0.25, 0.3) is 0 Å². The molecule has 100 valence electrons. The van der Waals surface area contributed by atoms with Gasteiger partial charge < -0.3 is 10.5 Å². The number of benzene rings is 2. The number of halogens is 2. The molecular weight excluding hydrogens is 265 g/mol. The molecule has 1 unspecified atom stereocenters. The maximum absolute atomic E-state index is 13.8. The van der Waals surface area contributed by atoms with Crippen LogP contribution >= 0.6 is 11.6 Å². The van der Waals surface area contributed by atoms with Crippen molar-refractivity contribution < 1.29 is 9.13 Å². The van der Waals surface area contributed by atoms with E-state index in [0.29, 0.717) is 10.6 Å². The van der Waals surface area contributed by atoms with Gasteiger partial charge in [-0.15, -0.1) is 0 Å². The van der Waals surface area contributed by atoms with Gasteiger partial charge in [-0.05, 0) is 42.3 Å². The van der Waals surface area contributed by atoms with E-state index in [9.17, 15) is 4.39 Å². The Bertz CT molecular complexity index is 581. The number of nitrogens with two attached hydrogens (primary N) is 1. The van der Waals surface area contributed by atoms with Crippen LogP contribution in [0.5, 0.6) is 5.75 Å². The third kappa shape index (κ3) is 2.72. The van der Waals surface area contributed by atoms with Crippen molar-refractivity contribution in [3.63, 3.8) is 0 Å². The minimum atomic E-state index is -0.794. The normalized spacial score (nSPS) is 13.9. The molecule has 2 nitrogen and oxygen atoms in total. The van der Waals surface area contributed by atoms with Crippen molar-refractivity contribution in [2.24, 2.45) is 5.73 Å². The molecule has 0 amide bonds. The summed E-state index contributed by atoms with van der Waals surface area (Å²) >= 11 is 5.86. The number of hydrogen-bond acceptors (Lipinski definition) is 2. The van der Waals surface area contributed by atoms with Gasteiger partial charge in [0.2, 0.25) is 0 Å². The molecule has 0 heterocycles. The maximum Gasteiger partial charge on any atom is 0.165 e. The Morgan fingerprint density at radius 2 is 1.68 bits per heavy atom. The molecule has 2 aromatic carbocycles. The van der Waals surface area contributed by atoms with Crippen LogP contribution in [0.3, 0.4) is 0 Å². The van der Waals surface area contributed by atoms with Crippen molar-refractivity contribution >= 4 is 11.6 Å². The molecule has 0 fully saturated rings. The van der Waals surface area contributed by atoms with E-state index >= 15 is 0 Å². The zero-order valence-corrected chi connectivity index (χ0v) is 11.5. The fourth-order valence-electron chi connectivity index (χ4n) is 1.95. The van der Waals surface area contributed by atoms with E-state index in [-0.39, 0.29) is 5.75 Å². The van der Waals surface area contributed by atoms with Gasteiger partial charge in [0, 0.05) is 5.02 Å². The van der Waals surface area contributed by atoms with E-state index < -0.39 is 11.4 Å². The Balaban J connectivity index is 2.43. The molecule has 4 heteroatoms. The molecule has 0 spiro atoms. The lowest BCUT2D eigenvalue weighted by Crippen LogP contribution is -2.34. The zero-order chi connectivity index (χ0) is 14.0. The van der Waals surface area contributed by atoms with Crippen molar-refractivity contribution in [1.29, 1.82) is 0 Å². The molecule has 0 aliphatic heterocycles. The highest BCUT2D eigenvalue weighted by molar-refractivity contribution is 6.30. The van der Waals surface area contributed by atoms with E-state index in [1.807, 2.05) is 19.1 Å². The van der Waals surface area contributed by atoms with Gasteiger partial charge in [0.05, 0.1) is 12.6 Å². The quantitative estimate of drug-likeness (QED) is 0.929. The Kier molecular flexibility index (Phi) is 3.78. The van der Waals surface area contributed by atoms with Crippen molar-refractivity contribution in [2.75, 3.05) is 7.11 Å². The third-order valence-electron chi connectivity index (χ3n) is 3.20. The molecule has 0 saturated carbocycles. The monoisotopic (exact) mass is 279 g/mol. The lowest BCUT2D eigenvalue weighted by atomic mass is 9.85. The van der Waals surface area contributed by atoms with Crippen LogP contribution in [0, 0.1) is 5.82 Å². The lowest BCUT2D eigenvalue weighted by Gasteiger charge is -2.26. The molecule has 2 rings (SSSR count). The van der Waals surface area contributed by atoms with E-state index in [1.54, 1.807) is 24.3 Å².